The molecule has 9 heteroatoms. The van der Waals surface area contributed by atoms with Crippen molar-refractivity contribution in [3.8, 4) is 0 Å². The Morgan fingerprint density at radius 2 is 1.83 bits per heavy atom. The highest BCUT2D eigenvalue weighted by molar-refractivity contribution is 8.00. The molecule has 2 aromatic rings. The Bertz CT molecular complexity index is 716. The summed E-state index contributed by atoms with van der Waals surface area (Å²) in [4.78, 5) is 15.6. The Hall–Kier alpha value is -2.16. The molecule has 1 amide bonds. The molecule has 1 aromatic heterocycles. The molecular formula is C15H11F5N2OS. The average Bonchev–Trinajstić information content (AvgIpc) is 2.45. The summed E-state index contributed by atoms with van der Waals surface area (Å²) in [5, 5.41) is 1.95. The molecule has 0 aliphatic heterocycles. The monoisotopic (exact) mass is 362 g/mol. The van der Waals surface area contributed by atoms with Gasteiger partial charge in [-0.25, -0.2) is 13.8 Å². The Balaban J connectivity index is 2.00. The Labute approximate surface area is 138 Å². The number of nitrogens with zero attached hydrogens (tertiary/aromatic N) is 1. The van der Waals surface area contributed by atoms with Gasteiger partial charge in [-0.15, -0.1) is 0 Å². The normalized spacial score (nSPS) is 11.4. The Morgan fingerprint density at radius 3 is 2.46 bits per heavy atom. The summed E-state index contributed by atoms with van der Waals surface area (Å²) in [5.41, 5.74) is -4.46. The fourth-order valence-electron chi connectivity index (χ4n) is 1.93. The molecule has 1 aromatic carbocycles. The molecule has 0 saturated heterocycles. The van der Waals surface area contributed by atoms with Crippen molar-refractivity contribution in [2.75, 3.05) is 6.54 Å². The third-order valence-electron chi connectivity index (χ3n) is 2.85. The van der Waals surface area contributed by atoms with Crippen LogP contribution in [-0.2, 0) is 6.42 Å². The van der Waals surface area contributed by atoms with E-state index in [0.717, 1.165) is 24.4 Å². The Morgan fingerprint density at radius 1 is 1.17 bits per heavy atom. The molecule has 0 radical (unpaired) electrons. The number of aromatic nitrogens is 1. The first-order valence-corrected chi connectivity index (χ1v) is 7.50. The van der Waals surface area contributed by atoms with E-state index in [4.69, 9.17) is 0 Å². The van der Waals surface area contributed by atoms with Crippen molar-refractivity contribution < 1.29 is 26.7 Å². The second kappa shape index (κ2) is 7.61. The molecular weight excluding hydrogens is 351 g/mol. The summed E-state index contributed by atoms with van der Waals surface area (Å²) < 4.78 is 63.5. The van der Waals surface area contributed by atoms with Gasteiger partial charge in [0.15, 0.2) is 0 Å². The minimum absolute atomic E-state index is 0.00669. The number of nitrogens with one attached hydrogen (secondary N) is 1. The van der Waals surface area contributed by atoms with Crippen molar-refractivity contribution in [3.63, 3.8) is 0 Å². The summed E-state index contributed by atoms with van der Waals surface area (Å²) in [6.07, 6.45) is 1.28. The van der Waals surface area contributed by atoms with Crippen LogP contribution in [0.5, 0.6) is 0 Å². The number of amides is 1. The maximum Gasteiger partial charge on any atom is 0.447 e. The van der Waals surface area contributed by atoms with Gasteiger partial charge in [-0.1, -0.05) is 0 Å². The molecule has 1 heterocycles. The molecule has 0 spiro atoms. The quantitative estimate of drug-likeness (QED) is 0.647. The van der Waals surface area contributed by atoms with Gasteiger partial charge < -0.3 is 5.32 Å². The maximum atomic E-state index is 13.0. The highest BCUT2D eigenvalue weighted by Crippen LogP contribution is 2.37. The summed E-state index contributed by atoms with van der Waals surface area (Å²) >= 11 is -0.482. The first kappa shape index (κ1) is 18.2. The lowest BCUT2D eigenvalue weighted by molar-refractivity contribution is -0.0329. The van der Waals surface area contributed by atoms with Crippen LogP contribution in [0.1, 0.15) is 15.9 Å². The van der Waals surface area contributed by atoms with Crippen LogP contribution < -0.4 is 5.32 Å². The number of halogens is 5. The molecule has 128 valence electrons. The minimum atomic E-state index is -4.57. The van der Waals surface area contributed by atoms with Crippen LogP contribution >= 0.6 is 11.8 Å². The number of thioether (sulfide) groups is 1. The molecule has 0 atom stereocenters. The molecule has 0 bridgehead atoms. The van der Waals surface area contributed by atoms with E-state index in [1.807, 2.05) is 0 Å². The third-order valence-corrected chi connectivity index (χ3v) is 3.60. The predicted molar refractivity (Wildman–Crippen MR) is 78.5 cm³/mol. The van der Waals surface area contributed by atoms with Crippen LogP contribution in [0.3, 0.4) is 0 Å². The van der Waals surface area contributed by atoms with Crippen molar-refractivity contribution in [1.29, 1.82) is 0 Å². The van der Waals surface area contributed by atoms with Crippen LogP contribution in [0.4, 0.5) is 22.0 Å². The topological polar surface area (TPSA) is 42.0 Å². The van der Waals surface area contributed by atoms with Gasteiger partial charge in [0, 0.05) is 30.6 Å². The molecule has 0 aliphatic carbocycles. The lowest BCUT2D eigenvalue weighted by atomic mass is 10.1. The van der Waals surface area contributed by atoms with E-state index in [1.54, 1.807) is 0 Å². The van der Waals surface area contributed by atoms with Crippen molar-refractivity contribution in [2.45, 2.75) is 17.0 Å². The van der Waals surface area contributed by atoms with Gasteiger partial charge in [0.25, 0.3) is 5.91 Å². The van der Waals surface area contributed by atoms with Crippen LogP contribution in [0.25, 0.3) is 0 Å². The zero-order valence-electron chi connectivity index (χ0n) is 12.0. The lowest BCUT2D eigenvalue weighted by Crippen LogP contribution is -2.26. The van der Waals surface area contributed by atoms with Crippen molar-refractivity contribution >= 4 is 17.7 Å². The number of hydrogen-bond donors (Lipinski definition) is 1. The van der Waals surface area contributed by atoms with Gasteiger partial charge in [0.05, 0.1) is 5.56 Å². The molecule has 0 fully saturated rings. The SMILES string of the molecule is O=C(NCCc1cc(F)cc(F)c1)c1cccnc1SC(F)(F)F. The highest BCUT2D eigenvalue weighted by atomic mass is 32.2. The van der Waals surface area contributed by atoms with Crippen molar-refractivity contribution in [3.05, 3.63) is 59.3 Å². The fourth-order valence-corrected chi connectivity index (χ4v) is 2.53. The van der Waals surface area contributed by atoms with Crippen LogP contribution in [-0.4, -0.2) is 22.9 Å². The molecule has 3 nitrogen and oxygen atoms in total. The number of rotatable bonds is 5. The largest absolute Gasteiger partial charge is 0.447 e. The standard InChI is InChI=1S/C15H11F5N2OS/c16-10-6-9(7-11(17)8-10)3-5-21-13(23)12-2-1-4-22-14(12)24-15(18,19)20/h1-2,4,6-8H,3,5H2,(H,21,23). The van der Waals surface area contributed by atoms with Gasteiger partial charge >= 0.3 is 5.51 Å². The fraction of sp³-hybridized carbons (Fsp3) is 0.200. The predicted octanol–water partition coefficient (Wildman–Crippen LogP) is 3.94. The van der Waals surface area contributed by atoms with Gasteiger partial charge in [-0.2, -0.15) is 13.2 Å². The number of benzene rings is 1. The molecule has 0 saturated carbocycles. The van der Waals surface area contributed by atoms with Gasteiger partial charge in [0.2, 0.25) is 0 Å². The second-order valence-corrected chi connectivity index (χ2v) is 5.74. The van der Waals surface area contributed by atoms with Crippen molar-refractivity contribution in [1.82, 2.24) is 10.3 Å². The molecule has 0 aliphatic rings. The van der Waals surface area contributed by atoms with Crippen LogP contribution in [0.15, 0.2) is 41.6 Å². The van der Waals surface area contributed by atoms with E-state index in [-0.39, 0.29) is 18.5 Å². The number of pyridine rings is 1. The van der Waals surface area contributed by atoms with E-state index < -0.39 is 39.8 Å². The number of carbonyl (C=O) groups excluding carboxylic acids is 1. The third kappa shape index (κ3) is 5.48. The number of hydrogen-bond acceptors (Lipinski definition) is 3. The molecule has 0 unspecified atom stereocenters. The summed E-state index contributed by atoms with van der Waals surface area (Å²) in [5.74, 6) is -2.23. The smallest absolute Gasteiger partial charge is 0.352 e. The Kier molecular flexibility index (Phi) is 5.76. The summed E-state index contributed by atoms with van der Waals surface area (Å²) in [7, 11) is 0. The second-order valence-electron chi connectivity index (χ2n) is 4.69. The first-order chi connectivity index (χ1) is 11.2. The number of carbonyl (C=O) groups is 1. The van der Waals surface area contributed by atoms with E-state index in [0.29, 0.717) is 5.56 Å². The van der Waals surface area contributed by atoms with E-state index in [9.17, 15) is 26.7 Å². The summed E-state index contributed by atoms with van der Waals surface area (Å²) in [6, 6.07) is 5.52. The molecule has 24 heavy (non-hydrogen) atoms. The van der Waals surface area contributed by atoms with Crippen molar-refractivity contribution in [2.24, 2.45) is 0 Å². The zero-order valence-corrected chi connectivity index (χ0v) is 12.8. The maximum absolute atomic E-state index is 13.0. The molecule has 1 N–H and O–H groups in total. The van der Waals surface area contributed by atoms with Gasteiger partial charge in [0.1, 0.15) is 16.7 Å². The average molecular weight is 362 g/mol. The van der Waals surface area contributed by atoms with E-state index in [2.05, 4.69) is 10.3 Å². The molecule has 2 rings (SSSR count). The van der Waals surface area contributed by atoms with E-state index >= 15 is 0 Å². The first-order valence-electron chi connectivity index (χ1n) is 6.68. The zero-order chi connectivity index (χ0) is 17.7. The number of alkyl halides is 3. The van der Waals surface area contributed by atoms with Crippen LogP contribution in [0.2, 0.25) is 0 Å². The lowest BCUT2D eigenvalue weighted by Gasteiger charge is -2.10. The van der Waals surface area contributed by atoms with Gasteiger partial charge in [-0.3, -0.25) is 4.79 Å². The van der Waals surface area contributed by atoms with E-state index in [1.165, 1.54) is 12.1 Å². The summed E-state index contributed by atoms with van der Waals surface area (Å²) in [6.45, 7) is 0.00669. The van der Waals surface area contributed by atoms with Crippen LogP contribution in [0, 0.1) is 11.6 Å². The van der Waals surface area contributed by atoms with Gasteiger partial charge in [-0.05, 0) is 36.2 Å². The highest BCUT2D eigenvalue weighted by Gasteiger charge is 2.32. The minimum Gasteiger partial charge on any atom is -0.352 e.